The zero-order valence-electron chi connectivity index (χ0n) is 13.2. The van der Waals surface area contributed by atoms with Crippen LogP contribution in [0.5, 0.6) is 0 Å². The van der Waals surface area contributed by atoms with Gasteiger partial charge in [0, 0.05) is 12.6 Å². The van der Waals surface area contributed by atoms with Crippen LogP contribution in [0.1, 0.15) is 37.6 Å². The van der Waals surface area contributed by atoms with Gasteiger partial charge in [-0.15, -0.1) is 0 Å². The topological polar surface area (TPSA) is 46.6 Å². The molecule has 4 nitrogen and oxygen atoms in total. The van der Waals surface area contributed by atoms with Crippen LogP contribution >= 0.6 is 11.6 Å². The first kappa shape index (κ1) is 18.4. The molecule has 0 saturated heterocycles. The molecule has 1 aromatic carbocycles. The number of halogens is 2. The molecule has 1 rings (SSSR count). The summed E-state index contributed by atoms with van der Waals surface area (Å²) in [6, 6.07) is 3.95. The lowest BCUT2D eigenvalue weighted by Crippen LogP contribution is -2.43. The van der Waals surface area contributed by atoms with Crippen LogP contribution in [0.2, 0.25) is 5.02 Å². The molecule has 0 aliphatic heterocycles. The van der Waals surface area contributed by atoms with Crippen molar-refractivity contribution in [2.45, 2.75) is 33.2 Å². The number of benzene rings is 1. The monoisotopic (exact) mass is 329 g/mol. The van der Waals surface area contributed by atoms with Crippen LogP contribution < -0.4 is 0 Å². The van der Waals surface area contributed by atoms with E-state index in [1.807, 2.05) is 13.8 Å². The van der Waals surface area contributed by atoms with E-state index in [0.717, 1.165) is 0 Å². The molecule has 0 saturated carbocycles. The summed E-state index contributed by atoms with van der Waals surface area (Å²) in [7, 11) is 1.29. The van der Waals surface area contributed by atoms with Gasteiger partial charge in [-0.2, -0.15) is 0 Å². The van der Waals surface area contributed by atoms with Gasteiger partial charge in [-0.25, -0.2) is 4.39 Å². The van der Waals surface area contributed by atoms with Crippen molar-refractivity contribution in [2.75, 3.05) is 13.7 Å². The molecule has 0 bridgehead atoms. The van der Waals surface area contributed by atoms with Gasteiger partial charge in [0.25, 0.3) is 5.91 Å². The number of nitrogens with zero attached hydrogens (tertiary/aromatic N) is 1. The molecule has 1 aromatic rings. The van der Waals surface area contributed by atoms with Crippen molar-refractivity contribution in [1.82, 2.24) is 4.90 Å². The van der Waals surface area contributed by atoms with Crippen LogP contribution in [0.15, 0.2) is 18.2 Å². The van der Waals surface area contributed by atoms with Crippen molar-refractivity contribution in [2.24, 2.45) is 5.92 Å². The number of rotatable bonds is 6. The highest BCUT2D eigenvalue weighted by molar-refractivity contribution is 6.33. The Labute approximate surface area is 135 Å². The number of carbonyl (C=O) groups is 2. The van der Waals surface area contributed by atoms with E-state index in [-0.39, 0.29) is 23.2 Å². The summed E-state index contributed by atoms with van der Waals surface area (Å²) in [5, 5.41) is 0.0593. The highest BCUT2D eigenvalue weighted by atomic mass is 35.5. The molecule has 2 atom stereocenters. The van der Waals surface area contributed by atoms with Crippen LogP contribution in [0.3, 0.4) is 0 Å². The van der Waals surface area contributed by atoms with E-state index < -0.39 is 23.6 Å². The molecule has 1 amide bonds. The summed E-state index contributed by atoms with van der Waals surface area (Å²) >= 11 is 5.96. The number of methoxy groups -OCH3 is 1. The van der Waals surface area contributed by atoms with Crippen LogP contribution in [-0.2, 0) is 9.53 Å². The third kappa shape index (κ3) is 4.19. The summed E-state index contributed by atoms with van der Waals surface area (Å²) in [4.78, 5) is 25.7. The van der Waals surface area contributed by atoms with Gasteiger partial charge in [0.2, 0.25) is 0 Å². The van der Waals surface area contributed by atoms with Crippen LogP contribution in [0.25, 0.3) is 0 Å². The van der Waals surface area contributed by atoms with E-state index in [0.29, 0.717) is 6.42 Å². The lowest BCUT2D eigenvalue weighted by molar-refractivity contribution is -0.145. The fourth-order valence-electron chi connectivity index (χ4n) is 2.10. The second-order valence-corrected chi connectivity index (χ2v) is 5.64. The summed E-state index contributed by atoms with van der Waals surface area (Å²) in [5.74, 6) is -2.11. The molecule has 2 unspecified atom stereocenters. The van der Waals surface area contributed by atoms with Gasteiger partial charge in [-0.3, -0.25) is 9.59 Å². The third-order valence-electron chi connectivity index (χ3n) is 3.63. The minimum Gasteiger partial charge on any atom is -0.469 e. The van der Waals surface area contributed by atoms with Gasteiger partial charge < -0.3 is 9.64 Å². The number of ether oxygens (including phenoxy) is 1. The normalized spacial score (nSPS) is 13.4. The summed E-state index contributed by atoms with van der Waals surface area (Å²) in [6.45, 7) is 5.57. The van der Waals surface area contributed by atoms with Gasteiger partial charge >= 0.3 is 5.97 Å². The standard InChI is InChI=1S/C16H21ClFNO3/c1-5-11(3)19(9-10(2)16(21)22-4)15(20)14-12(17)7-6-8-13(14)18/h6-8,10-11H,5,9H2,1-4H3. The molecule has 0 N–H and O–H groups in total. The quantitative estimate of drug-likeness (QED) is 0.750. The Balaban J connectivity index is 3.11. The molecular weight excluding hydrogens is 309 g/mol. The van der Waals surface area contributed by atoms with E-state index in [2.05, 4.69) is 4.74 Å². The average Bonchev–Trinajstić information content (AvgIpc) is 2.50. The number of hydrogen-bond acceptors (Lipinski definition) is 3. The third-order valence-corrected chi connectivity index (χ3v) is 3.95. The van der Waals surface area contributed by atoms with Gasteiger partial charge in [-0.05, 0) is 25.5 Å². The van der Waals surface area contributed by atoms with E-state index in [1.54, 1.807) is 6.92 Å². The van der Waals surface area contributed by atoms with Gasteiger partial charge in [0.15, 0.2) is 0 Å². The summed E-state index contributed by atoms with van der Waals surface area (Å²) in [5.41, 5.74) is -0.165. The van der Waals surface area contributed by atoms with Crippen LogP contribution in [-0.4, -0.2) is 36.5 Å². The van der Waals surface area contributed by atoms with Crippen molar-refractivity contribution in [3.05, 3.63) is 34.6 Å². The maximum atomic E-state index is 14.0. The van der Waals surface area contributed by atoms with Crippen LogP contribution in [0.4, 0.5) is 4.39 Å². The first-order valence-corrected chi connectivity index (χ1v) is 7.54. The fourth-order valence-corrected chi connectivity index (χ4v) is 2.34. The fraction of sp³-hybridized carbons (Fsp3) is 0.500. The highest BCUT2D eigenvalue weighted by Crippen LogP contribution is 2.23. The predicted octanol–water partition coefficient (Wildman–Crippen LogP) is 3.53. The lowest BCUT2D eigenvalue weighted by atomic mass is 10.1. The first-order valence-electron chi connectivity index (χ1n) is 7.16. The van der Waals surface area contributed by atoms with Crippen molar-refractivity contribution in [3.63, 3.8) is 0 Å². The lowest BCUT2D eigenvalue weighted by Gasteiger charge is -2.30. The Kier molecular flexibility index (Phi) is 6.81. The molecule has 0 aromatic heterocycles. The number of amides is 1. The molecule has 0 spiro atoms. The first-order chi connectivity index (χ1) is 10.3. The smallest absolute Gasteiger partial charge is 0.310 e. The Morgan fingerprint density at radius 2 is 2.00 bits per heavy atom. The van der Waals surface area contributed by atoms with E-state index in [1.165, 1.54) is 30.2 Å². The summed E-state index contributed by atoms with van der Waals surface area (Å²) in [6.07, 6.45) is 0.672. The molecular formula is C16H21ClFNO3. The number of carbonyl (C=O) groups excluding carboxylic acids is 2. The number of esters is 1. The van der Waals surface area contributed by atoms with Crippen molar-refractivity contribution in [3.8, 4) is 0 Å². The largest absolute Gasteiger partial charge is 0.469 e. The molecule has 0 heterocycles. The predicted molar refractivity (Wildman–Crippen MR) is 83.4 cm³/mol. The van der Waals surface area contributed by atoms with E-state index in [4.69, 9.17) is 11.6 Å². The maximum Gasteiger partial charge on any atom is 0.310 e. The van der Waals surface area contributed by atoms with Gasteiger partial charge in [0.05, 0.1) is 23.6 Å². The van der Waals surface area contributed by atoms with Crippen LogP contribution in [0, 0.1) is 11.7 Å². The van der Waals surface area contributed by atoms with E-state index in [9.17, 15) is 14.0 Å². The second kappa shape index (κ2) is 8.13. The average molecular weight is 330 g/mol. The zero-order valence-corrected chi connectivity index (χ0v) is 14.0. The highest BCUT2D eigenvalue weighted by Gasteiger charge is 2.28. The van der Waals surface area contributed by atoms with Gasteiger partial charge in [-0.1, -0.05) is 31.5 Å². The Hall–Kier alpha value is -1.62. The van der Waals surface area contributed by atoms with Crippen molar-refractivity contribution in [1.29, 1.82) is 0 Å². The Morgan fingerprint density at radius 1 is 1.36 bits per heavy atom. The second-order valence-electron chi connectivity index (χ2n) is 5.24. The van der Waals surface area contributed by atoms with E-state index >= 15 is 0 Å². The van der Waals surface area contributed by atoms with Gasteiger partial charge in [0.1, 0.15) is 5.82 Å². The molecule has 22 heavy (non-hydrogen) atoms. The SMILES string of the molecule is CCC(C)N(CC(C)C(=O)OC)C(=O)c1c(F)cccc1Cl. The number of hydrogen-bond donors (Lipinski definition) is 0. The maximum absolute atomic E-state index is 14.0. The molecule has 6 heteroatoms. The molecule has 0 fully saturated rings. The Morgan fingerprint density at radius 3 is 2.50 bits per heavy atom. The molecule has 0 radical (unpaired) electrons. The molecule has 0 aliphatic rings. The minimum atomic E-state index is -0.670. The van der Waals surface area contributed by atoms with Crippen molar-refractivity contribution >= 4 is 23.5 Å². The minimum absolute atomic E-state index is 0.0593. The molecule has 0 aliphatic carbocycles. The zero-order chi connectivity index (χ0) is 16.9. The summed E-state index contributed by atoms with van der Waals surface area (Å²) < 4.78 is 18.6. The Bertz CT molecular complexity index is 530. The molecule has 122 valence electrons. The van der Waals surface area contributed by atoms with Crippen molar-refractivity contribution < 1.29 is 18.7 Å².